The van der Waals surface area contributed by atoms with E-state index in [2.05, 4.69) is 15.5 Å². The summed E-state index contributed by atoms with van der Waals surface area (Å²) in [6.45, 7) is 5.70. The van der Waals surface area contributed by atoms with Crippen LogP contribution in [0.5, 0.6) is 5.75 Å². The molecule has 0 bridgehead atoms. The van der Waals surface area contributed by atoms with Gasteiger partial charge in [-0.25, -0.2) is 0 Å². The van der Waals surface area contributed by atoms with Gasteiger partial charge in [-0.15, -0.1) is 10.2 Å². The van der Waals surface area contributed by atoms with Crippen molar-refractivity contribution < 1.29 is 13.9 Å². The number of hydrogen-bond acceptors (Lipinski definition) is 6. The number of furan rings is 1. The number of carbonyl (C=O) groups excluding carboxylic acids is 1. The molecule has 1 amide bonds. The summed E-state index contributed by atoms with van der Waals surface area (Å²) in [5.41, 5.74) is 3.44. The summed E-state index contributed by atoms with van der Waals surface area (Å²) in [4.78, 5) is 13.0. The number of thioether (sulfide) groups is 1. The van der Waals surface area contributed by atoms with Gasteiger partial charge in [-0.2, -0.15) is 0 Å². The lowest BCUT2D eigenvalue weighted by Gasteiger charge is -2.15. The highest BCUT2D eigenvalue weighted by Gasteiger charge is 2.23. The number of rotatable bonds is 7. The Labute approximate surface area is 190 Å². The first-order valence-corrected chi connectivity index (χ1v) is 11.0. The maximum Gasteiger partial charge on any atom is 0.237 e. The molecule has 1 N–H and O–H groups in total. The predicted octanol–water partition coefficient (Wildman–Crippen LogP) is 5.27. The molecule has 32 heavy (non-hydrogen) atoms. The highest BCUT2D eigenvalue weighted by molar-refractivity contribution is 8.00. The molecule has 0 aliphatic heterocycles. The van der Waals surface area contributed by atoms with E-state index in [9.17, 15) is 4.79 Å². The minimum Gasteiger partial charge on any atom is -0.495 e. The second kappa shape index (κ2) is 9.32. The van der Waals surface area contributed by atoms with Crippen molar-refractivity contribution in [3.05, 3.63) is 72.2 Å². The number of aryl methyl sites for hydroxylation is 2. The molecule has 0 aliphatic carbocycles. The third kappa shape index (κ3) is 4.40. The van der Waals surface area contributed by atoms with Gasteiger partial charge in [0.1, 0.15) is 11.5 Å². The second-order valence-corrected chi connectivity index (χ2v) is 8.63. The molecule has 0 spiro atoms. The molecule has 0 aliphatic rings. The Morgan fingerprint density at radius 3 is 2.59 bits per heavy atom. The van der Waals surface area contributed by atoms with Gasteiger partial charge in [0.25, 0.3) is 0 Å². The Morgan fingerprint density at radius 2 is 1.91 bits per heavy atom. The van der Waals surface area contributed by atoms with Gasteiger partial charge in [0.15, 0.2) is 11.0 Å². The molecule has 4 rings (SSSR count). The van der Waals surface area contributed by atoms with Crippen molar-refractivity contribution in [1.82, 2.24) is 14.8 Å². The second-order valence-electron chi connectivity index (χ2n) is 7.32. The van der Waals surface area contributed by atoms with Crippen LogP contribution in [0.3, 0.4) is 0 Å². The van der Waals surface area contributed by atoms with Crippen LogP contribution in [0.4, 0.5) is 5.69 Å². The maximum absolute atomic E-state index is 13.0. The van der Waals surface area contributed by atoms with Crippen molar-refractivity contribution in [3.8, 4) is 22.8 Å². The number of nitrogens with zero attached hydrogens (tertiary/aromatic N) is 3. The zero-order valence-corrected chi connectivity index (χ0v) is 19.1. The van der Waals surface area contributed by atoms with Crippen molar-refractivity contribution in [3.63, 3.8) is 0 Å². The standard InChI is InChI=1S/C24H24N4O3S/c1-15-10-11-21(30-4)20(14-15)25-23(29)17(3)32-24-27-26-22(19-12-13-31-16(19)2)28(24)18-8-6-5-7-9-18/h5-14,17H,1-4H3,(H,25,29). The van der Waals surface area contributed by atoms with Crippen LogP contribution in [0.25, 0.3) is 17.1 Å². The molecule has 2 heterocycles. The average Bonchev–Trinajstić information content (AvgIpc) is 3.40. The first kappa shape index (κ1) is 21.7. The number of anilines is 1. The fourth-order valence-electron chi connectivity index (χ4n) is 3.31. The lowest BCUT2D eigenvalue weighted by Crippen LogP contribution is -2.23. The van der Waals surface area contributed by atoms with Crippen LogP contribution in [0.1, 0.15) is 18.2 Å². The summed E-state index contributed by atoms with van der Waals surface area (Å²) in [6, 6.07) is 17.4. The van der Waals surface area contributed by atoms with Crippen LogP contribution in [-0.2, 0) is 4.79 Å². The summed E-state index contributed by atoms with van der Waals surface area (Å²) in [7, 11) is 1.58. The molecule has 1 atom stereocenters. The summed E-state index contributed by atoms with van der Waals surface area (Å²) in [5.74, 6) is 1.88. The Kier molecular flexibility index (Phi) is 6.32. The monoisotopic (exact) mass is 448 g/mol. The molecule has 0 saturated carbocycles. The van der Waals surface area contributed by atoms with E-state index in [1.165, 1.54) is 11.8 Å². The number of amides is 1. The molecule has 164 valence electrons. The zero-order valence-electron chi connectivity index (χ0n) is 18.3. The number of nitrogens with one attached hydrogen (secondary N) is 1. The number of benzene rings is 2. The van der Waals surface area contributed by atoms with E-state index in [0.717, 1.165) is 22.6 Å². The highest BCUT2D eigenvalue weighted by atomic mass is 32.2. The largest absolute Gasteiger partial charge is 0.495 e. The minimum absolute atomic E-state index is 0.150. The van der Waals surface area contributed by atoms with E-state index in [-0.39, 0.29) is 5.91 Å². The van der Waals surface area contributed by atoms with Crippen LogP contribution in [0.15, 0.2) is 70.4 Å². The average molecular weight is 449 g/mol. The zero-order chi connectivity index (χ0) is 22.7. The van der Waals surface area contributed by atoms with E-state index < -0.39 is 5.25 Å². The van der Waals surface area contributed by atoms with Gasteiger partial charge in [0, 0.05) is 5.69 Å². The van der Waals surface area contributed by atoms with Gasteiger partial charge in [0.05, 0.1) is 29.9 Å². The van der Waals surface area contributed by atoms with Crippen molar-refractivity contribution in [1.29, 1.82) is 0 Å². The van der Waals surface area contributed by atoms with Crippen molar-refractivity contribution in [2.75, 3.05) is 12.4 Å². The van der Waals surface area contributed by atoms with E-state index in [0.29, 0.717) is 22.4 Å². The SMILES string of the molecule is COc1ccc(C)cc1NC(=O)C(C)Sc1nnc(-c2ccoc2C)n1-c1ccccc1. The summed E-state index contributed by atoms with van der Waals surface area (Å²) in [6.07, 6.45) is 1.63. The number of ether oxygens (including phenoxy) is 1. The van der Waals surface area contributed by atoms with Gasteiger partial charge in [-0.05, 0) is 56.7 Å². The molecule has 0 fully saturated rings. The normalized spacial score (nSPS) is 11.9. The van der Waals surface area contributed by atoms with Gasteiger partial charge in [-0.3, -0.25) is 9.36 Å². The Balaban J connectivity index is 1.63. The molecule has 7 nitrogen and oxygen atoms in total. The number of para-hydroxylation sites is 1. The third-order valence-electron chi connectivity index (χ3n) is 5.01. The molecule has 2 aromatic carbocycles. The Bertz CT molecular complexity index is 1230. The molecule has 1 unspecified atom stereocenters. The fraction of sp³-hybridized carbons (Fsp3) is 0.208. The van der Waals surface area contributed by atoms with Crippen LogP contribution in [-0.4, -0.2) is 33.0 Å². The molecule has 2 aromatic heterocycles. The number of aromatic nitrogens is 3. The van der Waals surface area contributed by atoms with Gasteiger partial charge in [0.2, 0.25) is 5.91 Å². The van der Waals surface area contributed by atoms with Crippen LogP contribution >= 0.6 is 11.8 Å². The highest BCUT2D eigenvalue weighted by Crippen LogP contribution is 2.33. The summed E-state index contributed by atoms with van der Waals surface area (Å²) >= 11 is 1.34. The molecule has 4 aromatic rings. The quantitative estimate of drug-likeness (QED) is 0.388. The first-order chi connectivity index (χ1) is 15.5. The topological polar surface area (TPSA) is 82.2 Å². The molecule has 0 radical (unpaired) electrons. The van der Waals surface area contributed by atoms with Crippen molar-refractivity contribution in [2.45, 2.75) is 31.2 Å². The smallest absolute Gasteiger partial charge is 0.237 e. The van der Waals surface area contributed by atoms with Crippen LogP contribution in [0, 0.1) is 13.8 Å². The number of carbonyl (C=O) groups is 1. The van der Waals surface area contributed by atoms with Crippen molar-refractivity contribution >= 4 is 23.4 Å². The number of hydrogen-bond donors (Lipinski definition) is 1. The van der Waals surface area contributed by atoms with Crippen LogP contribution < -0.4 is 10.1 Å². The van der Waals surface area contributed by atoms with Gasteiger partial charge in [-0.1, -0.05) is 36.0 Å². The van der Waals surface area contributed by atoms with Crippen LogP contribution in [0.2, 0.25) is 0 Å². The van der Waals surface area contributed by atoms with E-state index in [4.69, 9.17) is 9.15 Å². The first-order valence-electron chi connectivity index (χ1n) is 10.2. The molecular formula is C24H24N4O3S. The lowest BCUT2D eigenvalue weighted by atomic mass is 10.2. The number of methoxy groups -OCH3 is 1. The third-order valence-corrected chi connectivity index (χ3v) is 6.05. The van der Waals surface area contributed by atoms with E-state index >= 15 is 0 Å². The molecule has 8 heteroatoms. The Hall–Kier alpha value is -3.52. The predicted molar refractivity (Wildman–Crippen MR) is 125 cm³/mol. The van der Waals surface area contributed by atoms with E-state index in [1.54, 1.807) is 13.4 Å². The van der Waals surface area contributed by atoms with Crippen molar-refractivity contribution in [2.24, 2.45) is 0 Å². The summed E-state index contributed by atoms with van der Waals surface area (Å²) in [5, 5.41) is 12.0. The maximum atomic E-state index is 13.0. The summed E-state index contributed by atoms with van der Waals surface area (Å²) < 4.78 is 12.8. The fourth-order valence-corrected chi connectivity index (χ4v) is 4.18. The molecule has 0 saturated heterocycles. The van der Waals surface area contributed by atoms with Gasteiger partial charge >= 0.3 is 0 Å². The molecular weight excluding hydrogens is 424 g/mol. The minimum atomic E-state index is -0.426. The van der Waals surface area contributed by atoms with E-state index in [1.807, 2.05) is 79.9 Å². The lowest BCUT2D eigenvalue weighted by molar-refractivity contribution is -0.115. The van der Waals surface area contributed by atoms with Gasteiger partial charge < -0.3 is 14.5 Å². The Morgan fingerprint density at radius 1 is 1.12 bits per heavy atom.